The van der Waals surface area contributed by atoms with Gasteiger partial charge in [0.25, 0.3) is 0 Å². The Morgan fingerprint density at radius 1 is 0.340 bits per heavy atom. The van der Waals surface area contributed by atoms with E-state index in [0.717, 1.165) is 0 Å². The summed E-state index contributed by atoms with van der Waals surface area (Å²) in [6.07, 6.45) is -27.1. The molecule has 0 unspecified atom stereocenters. The molecule has 0 aromatic rings. The van der Waals surface area contributed by atoms with Crippen LogP contribution in [0.3, 0.4) is 0 Å². The molecule has 0 saturated carbocycles. The number of carbonyl (C=O) groups excluding carboxylic acids is 2. The fourth-order valence-corrected chi connectivity index (χ4v) is 2.59. The van der Waals surface area contributed by atoms with Crippen LogP contribution in [0.25, 0.3) is 0 Å². The van der Waals surface area contributed by atoms with E-state index in [4.69, 9.17) is 0 Å². The Balaban J connectivity index is 5.51. The lowest BCUT2D eigenvalue weighted by atomic mass is 9.93. The summed E-state index contributed by atoms with van der Waals surface area (Å²) in [5, 5.41) is 3.72. The molecular formula is C18H8F26N2O4. The smallest absolute Gasteiger partial charge is 0.447 e. The van der Waals surface area contributed by atoms with Gasteiger partial charge in [0, 0.05) is 0 Å². The van der Waals surface area contributed by atoms with Crippen LogP contribution < -0.4 is 0 Å². The van der Waals surface area contributed by atoms with Gasteiger partial charge in [-0.25, -0.2) is 9.59 Å². The lowest BCUT2D eigenvalue weighted by molar-refractivity contribution is -0.440. The molecule has 0 aliphatic heterocycles. The van der Waals surface area contributed by atoms with E-state index in [0.29, 0.717) is 0 Å². The van der Waals surface area contributed by atoms with Crippen molar-refractivity contribution in [1.82, 2.24) is 0 Å². The highest BCUT2D eigenvalue weighted by atomic mass is 19.4. The molecule has 0 aliphatic rings. The van der Waals surface area contributed by atoms with Gasteiger partial charge in [0.1, 0.15) is 0 Å². The molecule has 0 aromatic heterocycles. The number of hydrogen-bond donors (Lipinski definition) is 0. The summed E-state index contributed by atoms with van der Waals surface area (Å²) < 4.78 is 344. The maximum Gasteiger partial charge on any atom is 0.460 e. The molecule has 0 bridgehead atoms. The number of carbonyl (C=O) groups is 2. The lowest BCUT2D eigenvalue weighted by Crippen LogP contribution is -2.70. The minimum atomic E-state index is -8.27. The number of halogens is 26. The van der Waals surface area contributed by atoms with E-state index in [1.165, 1.54) is 0 Å². The van der Waals surface area contributed by atoms with Gasteiger partial charge < -0.3 is 9.47 Å². The maximum atomic E-state index is 13.5. The molecule has 2 amide bonds. The third-order valence-corrected chi connectivity index (χ3v) is 5.49. The van der Waals surface area contributed by atoms with Crippen molar-refractivity contribution in [2.24, 2.45) is 10.2 Å². The summed E-state index contributed by atoms with van der Waals surface area (Å²) in [5.41, 5.74) is 0. The molecule has 296 valence electrons. The Kier molecular flexibility index (Phi) is 12.5. The van der Waals surface area contributed by atoms with Gasteiger partial charge in [0.2, 0.25) is 0 Å². The van der Waals surface area contributed by atoms with E-state index in [1.54, 1.807) is 0 Å². The van der Waals surface area contributed by atoms with E-state index >= 15 is 0 Å². The van der Waals surface area contributed by atoms with Crippen LogP contribution in [0.5, 0.6) is 0 Å². The lowest BCUT2D eigenvalue weighted by Gasteiger charge is -2.39. The zero-order chi connectivity index (χ0) is 40.8. The van der Waals surface area contributed by atoms with Crippen LogP contribution in [0.1, 0.15) is 12.8 Å². The van der Waals surface area contributed by atoms with Crippen LogP contribution in [-0.4, -0.2) is 97.0 Å². The second kappa shape index (κ2) is 13.4. The van der Waals surface area contributed by atoms with Crippen molar-refractivity contribution < 1.29 is 133 Å². The van der Waals surface area contributed by atoms with Gasteiger partial charge in [-0.3, -0.25) is 0 Å². The standard InChI is InChI=1S/C18H8F26N2O4/c19-7(20,9(23,24)11(27,28)13(31,32)15(35,36)17(39,40)41)1-3-49-5(47)45-46-6(48)50-4-2-8(21,22)10(25,26)12(29,30)14(33,34)16(37,38)18(42,43)44/h1-4H2/b46-45-. The largest absolute Gasteiger partial charge is 0.460 e. The third kappa shape index (κ3) is 7.65. The van der Waals surface area contributed by atoms with Gasteiger partial charge in [-0.05, 0) is 0 Å². The Hall–Kier alpha value is -3.28. The third-order valence-electron chi connectivity index (χ3n) is 5.49. The normalized spacial score (nSPS) is 15.8. The first kappa shape index (κ1) is 46.7. The number of azo groups is 1. The summed E-state index contributed by atoms with van der Waals surface area (Å²) in [6.45, 7) is -4.94. The van der Waals surface area contributed by atoms with E-state index < -0.39 is 110 Å². The summed E-state index contributed by atoms with van der Waals surface area (Å²) in [5.74, 6) is -78.3. The average molecular weight is 810 g/mol. The second-order valence-electron chi connectivity index (χ2n) is 8.93. The Morgan fingerprint density at radius 3 is 0.740 bits per heavy atom. The first-order valence-electron chi connectivity index (χ1n) is 11.2. The second-order valence-corrected chi connectivity index (χ2v) is 8.93. The quantitative estimate of drug-likeness (QED) is 0.129. The van der Waals surface area contributed by atoms with E-state index in [-0.39, 0.29) is 0 Å². The van der Waals surface area contributed by atoms with E-state index in [2.05, 4.69) is 9.47 Å². The summed E-state index contributed by atoms with van der Waals surface area (Å²) in [7, 11) is 0. The highest BCUT2D eigenvalue weighted by molar-refractivity contribution is 5.73. The molecule has 0 saturated heterocycles. The van der Waals surface area contributed by atoms with E-state index in [9.17, 15) is 124 Å². The van der Waals surface area contributed by atoms with E-state index in [1.807, 2.05) is 10.2 Å². The molecular weight excluding hydrogens is 802 g/mol. The molecule has 6 nitrogen and oxygen atoms in total. The molecule has 50 heavy (non-hydrogen) atoms. The maximum absolute atomic E-state index is 13.5. The van der Waals surface area contributed by atoms with Gasteiger partial charge in [0.05, 0.1) is 26.1 Å². The predicted molar refractivity (Wildman–Crippen MR) is 98.4 cm³/mol. The molecule has 0 radical (unpaired) electrons. The van der Waals surface area contributed by atoms with Crippen LogP contribution in [-0.2, 0) is 9.47 Å². The highest BCUT2D eigenvalue weighted by Crippen LogP contribution is 2.62. The number of rotatable bonds is 14. The molecule has 0 aromatic carbocycles. The Morgan fingerprint density at radius 2 is 0.540 bits per heavy atom. The van der Waals surface area contributed by atoms with Crippen molar-refractivity contribution in [1.29, 1.82) is 0 Å². The van der Waals surface area contributed by atoms with Crippen molar-refractivity contribution in [2.45, 2.75) is 84.4 Å². The van der Waals surface area contributed by atoms with Crippen molar-refractivity contribution in [3.05, 3.63) is 0 Å². The summed E-state index contributed by atoms with van der Waals surface area (Å²) >= 11 is 0. The molecule has 0 rings (SSSR count). The van der Waals surface area contributed by atoms with Gasteiger partial charge in [-0.1, -0.05) is 10.2 Å². The molecule has 0 N–H and O–H groups in total. The van der Waals surface area contributed by atoms with Crippen molar-refractivity contribution in [2.75, 3.05) is 13.2 Å². The van der Waals surface area contributed by atoms with Gasteiger partial charge in [-0.15, -0.1) is 0 Å². The average Bonchev–Trinajstić information content (AvgIpc) is 2.89. The monoisotopic (exact) mass is 810 g/mol. The highest BCUT2D eigenvalue weighted by Gasteiger charge is 2.92. The summed E-state index contributed by atoms with van der Waals surface area (Å²) in [6, 6.07) is 0. The Bertz CT molecular complexity index is 1160. The minimum absolute atomic E-state index is 1.86. The van der Waals surface area contributed by atoms with Crippen LogP contribution in [0, 0.1) is 0 Å². The molecule has 0 fully saturated rings. The number of hydrogen-bond acceptors (Lipinski definition) is 4. The molecule has 0 heterocycles. The fourth-order valence-electron chi connectivity index (χ4n) is 2.59. The zero-order valence-electron chi connectivity index (χ0n) is 22.2. The molecule has 0 spiro atoms. The predicted octanol–water partition coefficient (Wildman–Crippen LogP) is 9.97. The van der Waals surface area contributed by atoms with Crippen LogP contribution in [0.2, 0.25) is 0 Å². The molecule has 32 heteroatoms. The van der Waals surface area contributed by atoms with Crippen molar-refractivity contribution >= 4 is 12.2 Å². The SMILES string of the molecule is O=C(/N=N\C(=O)OCCC(F)(F)C(F)(F)C(F)(F)C(F)(F)C(F)(F)C(F)(F)F)OCCC(F)(F)C(F)(F)C(F)(F)C(F)(F)C(F)(F)C(F)(F)F. The fraction of sp³-hybridized carbons (Fsp3) is 0.889. The first-order chi connectivity index (χ1) is 21.5. The molecule has 0 atom stereocenters. The van der Waals surface area contributed by atoms with Gasteiger partial charge >= 0.3 is 83.8 Å². The zero-order valence-corrected chi connectivity index (χ0v) is 22.2. The van der Waals surface area contributed by atoms with Crippen molar-refractivity contribution in [3.8, 4) is 0 Å². The number of amides is 2. The van der Waals surface area contributed by atoms with Crippen molar-refractivity contribution in [3.63, 3.8) is 0 Å². The van der Waals surface area contributed by atoms with Gasteiger partial charge in [0.15, 0.2) is 0 Å². The number of nitrogens with zero attached hydrogens (tertiary/aromatic N) is 2. The van der Waals surface area contributed by atoms with Crippen LogP contribution in [0.4, 0.5) is 124 Å². The minimum Gasteiger partial charge on any atom is -0.447 e. The Labute approximate surface area is 254 Å². The van der Waals surface area contributed by atoms with Gasteiger partial charge in [-0.2, -0.15) is 114 Å². The number of ether oxygens (including phenoxy) is 2. The molecule has 0 aliphatic carbocycles. The van der Waals surface area contributed by atoms with Crippen LogP contribution in [0.15, 0.2) is 10.2 Å². The van der Waals surface area contributed by atoms with Crippen LogP contribution >= 0.6 is 0 Å². The number of alkyl halides is 26. The summed E-state index contributed by atoms with van der Waals surface area (Å²) in [4.78, 5) is 22.1. The first-order valence-corrected chi connectivity index (χ1v) is 11.2. The topological polar surface area (TPSA) is 77.3 Å².